The van der Waals surface area contributed by atoms with Crippen molar-refractivity contribution in [2.75, 3.05) is 6.54 Å². The third-order valence-corrected chi connectivity index (χ3v) is 4.04. The van der Waals surface area contributed by atoms with E-state index in [9.17, 15) is 9.18 Å². The first kappa shape index (κ1) is 15.8. The summed E-state index contributed by atoms with van der Waals surface area (Å²) >= 11 is 1.15. The van der Waals surface area contributed by atoms with Gasteiger partial charge in [-0.1, -0.05) is 13.0 Å². The summed E-state index contributed by atoms with van der Waals surface area (Å²) < 4.78 is 15.6. The minimum Gasteiger partial charge on any atom is -0.313 e. The standard InChI is InChI=1S/C14H19FN4OS/c1-3-7-16-9-10-5-6-12(11(15)8-10)21-14-18-17-13(20)19(14)4-2/h5-6,8,16H,3-4,7,9H2,1-2H3,(H,17,20). The molecule has 1 heterocycles. The molecule has 2 aromatic rings. The van der Waals surface area contributed by atoms with Gasteiger partial charge in [0.1, 0.15) is 5.82 Å². The molecule has 0 aliphatic rings. The third-order valence-electron chi connectivity index (χ3n) is 2.99. The number of nitrogens with zero attached hydrogens (tertiary/aromatic N) is 2. The number of benzene rings is 1. The van der Waals surface area contributed by atoms with Crippen molar-refractivity contribution in [3.63, 3.8) is 0 Å². The van der Waals surface area contributed by atoms with Crippen molar-refractivity contribution in [3.05, 3.63) is 40.1 Å². The largest absolute Gasteiger partial charge is 0.343 e. The van der Waals surface area contributed by atoms with E-state index in [1.54, 1.807) is 6.07 Å². The fraction of sp³-hybridized carbons (Fsp3) is 0.429. The van der Waals surface area contributed by atoms with E-state index < -0.39 is 0 Å². The van der Waals surface area contributed by atoms with Crippen LogP contribution in [0.3, 0.4) is 0 Å². The third kappa shape index (κ3) is 3.95. The molecule has 1 aromatic heterocycles. The van der Waals surface area contributed by atoms with Crippen LogP contribution in [0.2, 0.25) is 0 Å². The second kappa shape index (κ2) is 7.42. The second-order valence-electron chi connectivity index (χ2n) is 4.60. The van der Waals surface area contributed by atoms with E-state index in [2.05, 4.69) is 22.4 Å². The summed E-state index contributed by atoms with van der Waals surface area (Å²) in [6.45, 7) is 5.99. The first-order chi connectivity index (χ1) is 10.2. The Bertz CT molecular complexity index is 653. The number of rotatable bonds is 7. The summed E-state index contributed by atoms with van der Waals surface area (Å²) in [6.07, 6.45) is 1.05. The maximum Gasteiger partial charge on any atom is 0.343 e. The molecule has 2 rings (SSSR count). The summed E-state index contributed by atoms with van der Waals surface area (Å²) in [7, 11) is 0. The van der Waals surface area contributed by atoms with Crippen LogP contribution in [0, 0.1) is 5.82 Å². The highest BCUT2D eigenvalue weighted by atomic mass is 32.2. The summed E-state index contributed by atoms with van der Waals surface area (Å²) in [6, 6.07) is 5.13. The number of nitrogens with one attached hydrogen (secondary N) is 2. The minimum absolute atomic E-state index is 0.277. The Morgan fingerprint density at radius 3 is 2.90 bits per heavy atom. The number of H-pyrrole nitrogens is 1. The van der Waals surface area contributed by atoms with Crippen LogP contribution >= 0.6 is 11.8 Å². The predicted octanol–water partition coefficient (Wildman–Crippen LogP) is 2.38. The first-order valence-electron chi connectivity index (χ1n) is 6.97. The average molecular weight is 310 g/mol. The lowest BCUT2D eigenvalue weighted by atomic mass is 10.2. The summed E-state index contributed by atoms with van der Waals surface area (Å²) in [4.78, 5) is 11.9. The van der Waals surface area contributed by atoms with Crippen molar-refractivity contribution in [2.45, 2.75) is 43.4 Å². The van der Waals surface area contributed by atoms with E-state index in [1.807, 2.05) is 13.0 Å². The molecule has 0 fully saturated rings. The van der Waals surface area contributed by atoms with Crippen molar-refractivity contribution in [1.29, 1.82) is 0 Å². The van der Waals surface area contributed by atoms with Gasteiger partial charge in [-0.15, -0.1) is 5.10 Å². The highest BCUT2D eigenvalue weighted by Gasteiger charge is 2.12. The van der Waals surface area contributed by atoms with E-state index in [1.165, 1.54) is 10.6 Å². The Balaban J connectivity index is 2.12. The molecule has 0 bridgehead atoms. The fourth-order valence-electron chi connectivity index (χ4n) is 1.90. The summed E-state index contributed by atoms with van der Waals surface area (Å²) in [5, 5.41) is 10.00. The van der Waals surface area contributed by atoms with Gasteiger partial charge in [0, 0.05) is 13.1 Å². The Kier molecular flexibility index (Phi) is 5.58. The molecular formula is C14H19FN4OS. The Morgan fingerprint density at radius 1 is 1.43 bits per heavy atom. The summed E-state index contributed by atoms with van der Waals surface area (Å²) in [5.74, 6) is -0.297. The molecule has 0 saturated carbocycles. The zero-order valence-corrected chi connectivity index (χ0v) is 13.0. The molecule has 0 aliphatic heterocycles. The highest BCUT2D eigenvalue weighted by Crippen LogP contribution is 2.28. The quantitative estimate of drug-likeness (QED) is 0.771. The molecule has 21 heavy (non-hydrogen) atoms. The van der Waals surface area contributed by atoms with Gasteiger partial charge in [-0.2, -0.15) is 0 Å². The van der Waals surface area contributed by atoms with Crippen molar-refractivity contribution in [3.8, 4) is 0 Å². The molecule has 0 atom stereocenters. The fourth-order valence-corrected chi connectivity index (χ4v) is 2.81. The van der Waals surface area contributed by atoms with Gasteiger partial charge in [0.15, 0.2) is 5.16 Å². The molecule has 0 saturated heterocycles. The summed E-state index contributed by atoms with van der Waals surface area (Å²) in [5.41, 5.74) is 0.626. The molecule has 114 valence electrons. The lowest BCUT2D eigenvalue weighted by Gasteiger charge is -2.07. The van der Waals surface area contributed by atoms with Crippen molar-refractivity contribution in [2.24, 2.45) is 0 Å². The number of halogens is 1. The zero-order chi connectivity index (χ0) is 15.2. The van der Waals surface area contributed by atoms with Gasteiger partial charge in [0.05, 0.1) is 4.90 Å². The maximum atomic E-state index is 14.1. The maximum absolute atomic E-state index is 14.1. The second-order valence-corrected chi connectivity index (χ2v) is 5.61. The predicted molar refractivity (Wildman–Crippen MR) is 81.0 cm³/mol. The van der Waals surface area contributed by atoms with Crippen LogP contribution in [0.15, 0.2) is 33.0 Å². The average Bonchev–Trinajstić information content (AvgIpc) is 2.82. The Morgan fingerprint density at radius 2 is 2.24 bits per heavy atom. The number of aromatic amines is 1. The van der Waals surface area contributed by atoms with Gasteiger partial charge in [0.25, 0.3) is 0 Å². The van der Waals surface area contributed by atoms with Crippen LogP contribution in [0.4, 0.5) is 4.39 Å². The molecule has 0 amide bonds. The van der Waals surface area contributed by atoms with Crippen LogP contribution in [-0.2, 0) is 13.1 Å². The van der Waals surface area contributed by atoms with Gasteiger partial charge in [0.2, 0.25) is 0 Å². The highest BCUT2D eigenvalue weighted by molar-refractivity contribution is 7.99. The van der Waals surface area contributed by atoms with Crippen LogP contribution in [-0.4, -0.2) is 21.3 Å². The van der Waals surface area contributed by atoms with E-state index in [4.69, 9.17) is 0 Å². The SMILES string of the molecule is CCCNCc1ccc(Sc2n[nH]c(=O)n2CC)c(F)c1. The molecular weight excluding hydrogens is 291 g/mol. The van der Waals surface area contributed by atoms with Crippen LogP contribution in [0.5, 0.6) is 0 Å². The molecule has 0 aliphatic carbocycles. The van der Waals surface area contributed by atoms with Gasteiger partial charge in [-0.3, -0.25) is 4.57 Å². The van der Waals surface area contributed by atoms with Crippen LogP contribution in [0.1, 0.15) is 25.8 Å². The molecule has 7 heteroatoms. The van der Waals surface area contributed by atoms with Gasteiger partial charge in [-0.25, -0.2) is 14.3 Å². The van der Waals surface area contributed by atoms with E-state index >= 15 is 0 Å². The van der Waals surface area contributed by atoms with Crippen molar-refractivity contribution in [1.82, 2.24) is 20.1 Å². The lowest BCUT2D eigenvalue weighted by molar-refractivity contribution is 0.593. The first-order valence-corrected chi connectivity index (χ1v) is 7.79. The minimum atomic E-state index is -0.297. The molecule has 2 N–H and O–H groups in total. The zero-order valence-electron chi connectivity index (χ0n) is 12.1. The normalized spacial score (nSPS) is 11.0. The van der Waals surface area contributed by atoms with Crippen LogP contribution < -0.4 is 11.0 Å². The van der Waals surface area contributed by atoms with E-state index in [-0.39, 0.29) is 11.5 Å². The monoisotopic (exact) mass is 310 g/mol. The molecule has 5 nitrogen and oxygen atoms in total. The van der Waals surface area contributed by atoms with Gasteiger partial charge in [-0.05, 0) is 49.3 Å². The van der Waals surface area contributed by atoms with E-state index in [0.717, 1.165) is 30.3 Å². The molecule has 0 spiro atoms. The van der Waals surface area contributed by atoms with Gasteiger partial charge >= 0.3 is 5.69 Å². The topological polar surface area (TPSA) is 62.7 Å². The Hall–Kier alpha value is -1.60. The van der Waals surface area contributed by atoms with Crippen LogP contribution in [0.25, 0.3) is 0 Å². The van der Waals surface area contributed by atoms with Gasteiger partial charge < -0.3 is 5.32 Å². The Labute approximate surface area is 127 Å². The van der Waals surface area contributed by atoms with Crippen molar-refractivity contribution < 1.29 is 4.39 Å². The molecule has 0 radical (unpaired) electrons. The number of hydrogen-bond acceptors (Lipinski definition) is 4. The number of aromatic nitrogens is 3. The van der Waals surface area contributed by atoms with E-state index in [0.29, 0.717) is 23.1 Å². The smallest absolute Gasteiger partial charge is 0.313 e. The molecule has 0 unspecified atom stereocenters. The molecule has 1 aromatic carbocycles. The number of hydrogen-bond donors (Lipinski definition) is 2. The van der Waals surface area contributed by atoms with Crippen molar-refractivity contribution >= 4 is 11.8 Å². The lowest BCUT2D eigenvalue weighted by Crippen LogP contribution is -2.16.